The fraction of sp³-hybridized carbons (Fsp3) is 0.0857. The fourth-order valence-corrected chi connectivity index (χ4v) is 6.16. The van der Waals surface area contributed by atoms with Gasteiger partial charge in [-0.2, -0.15) is 0 Å². The molecule has 0 N–H and O–H groups in total. The molecule has 1 aliphatic carbocycles. The van der Waals surface area contributed by atoms with Crippen molar-refractivity contribution in [3.8, 4) is 33.4 Å². The number of fused-ring (bicyclic) bond motifs is 6. The second kappa shape index (κ2) is 7.85. The second-order valence-electron chi connectivity index (χ2n) is 10.4. The highest BCUT2D eigenvalue weighted by Gasteiger charge is 2.35. The van der Waals surface area contributed by atoms with E-state index in [1.165, 1.54) is 34.4 Å². The maximum absolute atomic E-state index is 14.8. The molecule has 6 aromatic carbocycles. The molecular weight excluding hydrogens is 458 g/mol. The van der Waals surface area contributed by atoms with Crippen LogP contribution in [0.4, 0.5) is 8.78 Å². The maximum Gasteiger partial charge on any atom is 0.159 e. The normalized spacial score (nSPS) is 13.6. The largest absolute Gasteiger partial charge is 0.204 e. The molecule has 0 bridgehead atoms. The van der Waals surface area contributed by atoms with Gasteiger partial charge in [0.15, 0.2) is 11.6 Å². The minimum absolute atomic E-state index is 0.184. The number of rotatable bonds is 2. The van der Waals surface area contributed by atoms with Gasteiger partial charge in [-0.05, 0) is 90.3 Å². The molecule has 2 heteroatoms. The van der Waals surface area contributed by atoms with Gasteiger partial charge >= 0.3 is 0 Å². The van der Waals surface area contributed by atoms with E-state index in [0.717, 1.165) is 32.7 Å². The van der Waals surface area contributed by atoms with Crippen molar-refractivity contribution in [1.82, 2.24) is 0 Å². The zero-order valence-electron chi connectivity index (χ0n) is 20.6. The molecule has 0 aromatic heterocycles. The van der Waals surface area contributed by atoms with Crippen molar-refractivity contribution in [3.05, 3.63) is 132 Å². The minimum Gasteiger partial charge on any atom is -0.204 e. The third-order valence-corrected chi connectivity index (χ3v) is 8.01. The van der Waals surface area contributed by atoms with E-state index in [-0.39, 0.29) is 5.41 Å². The Hall–Kier alpha value is -4.30. The fourth-order valence-electron chi connectivity index (χ4n) is 6.16. The molecule has 0 saturated heterocycles. The van der Waals surface area contributed by atoms with Crippen molar-refractivity contribution in [2.75, 3.05) is 0 Å². The molecule has 0 unspecified atom stereocenters. The summed E-state index contributed by atoms with van der Waals surface area (Å²) in [6.45, 7) is 4.45. The first-order valence-electron chi connectivity index (χ1n) is 12.6. The van der Waals surface area contributed by atoms with Crippen LogP contribution in [0.15, 0.2) is 109 Å². The lowest BCUT2D eigenvalue weighted by Gasteiger charge is -2.22. The van der Waals surface area contributed by atoms with Gasteiger partial charge < -0.3 is 0 Å². The summed E-state index contributed by atoms with van der Waals surface area (Å²) >= 11 is 0. The molecule has 0 nitrogen and oxygen atoms in total. The lowest BCUT2D eigenvalue weighted by Crippen LogP contribution is -2.14. The Kier molecular flexibility index (Phi) is 4.65. The summed E-state index contributed by atoms with van der Waals surface area (Å²) in [7, 11) is 0. The molecule has 6 aromatic rings. The van der Waals surface area contributed by atoms with Crippen molar-refractivity contribution in [2.45, 2.75) is 19.3 Å². The molecule has 1 aliphatic rings. The molecule has 7 rings (SSSR count). The van der Waals surface area contributed by atoms with Crippen molar-refractivity contribution < 1.29 is 8.78 Å². The maximum atomic E-state index is 14.8. The molecule has 0 fully saturated rings. The van der Waals surface area contributed by atoms with Gasteiger partial charge in [0.25, 0.3) is 0 Å². The Morgan fingerprint density at radius 3 is 1.89 bits per heavy atom. The van der Waals surface area contributed by atoms with Crippen LogP contribution in [0.2, 0.25) is 0 Å². The molecule has 0 saturated carbocycles. The predicted octanol–water partition coefficient (Wildman–Crippen LogP) is 9.91. The van der Waals surface area contributed by atoms with Crippen LogP contribution in [0, 0.1) is 11.6 Å². The first-order valence-corrected chi connectivity index (χ1v) is 12.6. The highest BCUT2D eigenvalue weighted by Crippen LogP contribution is 2.50. The first-order chi connectivity index (χ1) is 17.9. The highest BCUT2D eigenvalue weighted by molar-refractivity contribution is 6.14. The standard InChI is InChI=1S/C35H24F2/c1-35(2)31-14-8-7-13-26(31)27-16-15-22(18-32(27)35)28-19-33(36)34(37)20-30(28)29-17-21-9-3-4-10-23(21)24-11-5-6-12-25(24)29/h3-20H,1-2H3. The quantitative estimate of drug-likeness (QED) is 0.215. The Balaban J connectivity index is 1.52. The van der Waals surface area contributed by atoms with Gasteiger partial charge in [-0.15, -0.1) is 0 Å². The number of hydrogen-bond acceptors (Lipinski definition) is 0. The molecule has 0 heterocycles. The summed E-state index contributed by atoms with van der Waals surface area (Å²) in [5, 5.41) is 4.32. The lowest BCUT2D eigenvalue weighted by atomic mass is 9.81. The van der Waals surface area contributed by atoms with Crippen LogP contribution in [-0.2, 0) is 5.41 Å². The number of halogens is 2. The predicted molar refractivity (Wildman–Crippen MR) is 150 cm³/mol. The van der Waals surface area contributed by atoms with Gasteiger partial charge in [0.1, 0.15) is 0 Å². The van der Waals surface area contributed by atoms with Gasteiger partial charge in [0.2, 0.25) is 0 Å². The smallest absolute Gasteiger partial charge is 0.159 e. The second-order valence-corrected chi connectivity index (χ2v) is 10.4. The Morgan fingerprint density at radius 1 is 0.459 bits per heavy atom. The third-order valence-electron chi connectivity index (χ3n) is 8.01. The van der Waals surface area contributed by atoms with E-state index in [0.29, 0.717) is 11.1 Å². The summed E-state index contributed by atoms with van der Waals surface area (Å²) in [5.74, 6) is -1.68. The Morgan fingerprint density at radius 2 is 1.08 bits per heavy atom. The SMILES string of the molecule is CC1(C)c2ccccc2-c2ccc(-c3cc(F)c(F)cc3-c3cc4ccccc4c4ccccc34)cc21. The molecule has 0 aliphatic heterocycles. The highest BCUT2D eigenvalue weighted by atomic mass is 19.2. The van der Waals surface area contributed by atoms with Gasteiger partial charge in [0, 0.05) is 5.41 Å². The number of benzene rings is 6. The molecule has 37 heavy (non-hydrogen) atoms. The Labute approximate surface area is 214 Å². The van der Waals surface area contributed by atoms with E-state index in [9.17, 15) is 8.78 Å². The van der Waals surface area contributed by atoms with Crippen LogP contribution >= 0.6 is 0 Å². The summed E-state index contributed by atoms with van der Waals surface area (Å²) in [4.78, 5) is 0. The minimum atomic E-state index is -0.843. The van der Waals surface area contributed by atoms with Crippen molar-refractivity contribution in [1.29, 1.82) is 0 Å². The van der Waals surface area contributed by atoms with E-state index < -0.39 is 11.6 Å². The third kappa shape index (κ3) is 3.18. The van der Waals surface area contributed by atoms with E-state index >= 15 is 0 Å². The van der Waals surface area contributed by atoms with Gasteiger partial charge in [-0.3, -0.25) is 0 Å². The average molecular weight is 483 g/mol. The van der Waals surface area contributed by atoms with E-state index in [4.69, 9.17) is 0 Å². The van der Waals surface area contributed by atoms with Gasteiger partial charge in [0.05, 0.1) is 0 Å². The molecule has 178 valence electrons. The summed E-state index contributed by atoms with van der Waals surface area (Å²) in [6.07, 6.45) is 0. The average Bonchev–Trinajstić information content (AvgIpc) is 3.16. The topological polar surface area (TPSA) is 0 Å². The van der Waals surface area contributed by atoms with Crippen molar-refractivity contribution >= 4 is 21.5 Å². The summed E-state index contributed by atoms with van der Waals surface area (Å²) in [6, 6.07) is 36.0. The van der Waals surface area contributed by atoms with Crippen LogP contribution in [0.1, 0.15) is 25.0 Å². The van der Waals surface area contributed by atoms with Gasteiger partial charge in [-0.25, -0.2) is 8.78 Å². The molecular formula is C35H24F2. The van der Waals surface area contributed by atoms with Crippen LogP contribution in [0.25, 0.3) is 54.9 Å². The van der Waals surface area contributed by atoms with E-state index in [1.54, 1.807) is 0 Å². The van der Waals surface area contributed by atoms with E-state index in [2.05, 4.69) is 80.6 Å². The van der Waals surface area contributed by atoms with E-state index in [1.807, 2.05) is 30.3 Å². The lowest BCUT2D eigenvalue weighted by molar-refractivity contribution is 0.509. The summed E-state index contributed by atoms with van der Waals surface area (Å²) in [5.41, 5.74) is 7.89. The first kappa shape index (κ1) is 21.9. The zero-order chi connectivity index (χ0) is 25.3. The molecule has 0 spiro atoms. The van der Waals surface area contributed by atoms with Crippen LogP contribution in [0.5, 0.6) is 0 Å². The van der Waals surface area contributed by atoms with Crippen LogP contribution in [-0.4, -0.2) is 0 Å². The molecule has 0 atom stereocenters. The Bertz CT molecular complexity index is 1880. The monoisotopic (exact) mass is 482 g/mol. The summed E-state index contributed by atoms with van der Waals surface area (Å²) < 4.78 is 29.6. The van der Waals surface area contributed by atoms with Crippen LogP contribution < -0.4 is 0 Å². The molecule has 0 amide bonds. The molecule has 0 radical (unpaired) electrons. The zero-order valence-corrected chi connectivity index (χ0v) is 20.6. The van der Waals surface area contributed by atoms with Crippen molar-refractivity contribution in [2.24, 2.45) is 0 Å². The number of hydrogen-bond donors (Lipinski definition) is 0. The van der Waals surface area contributed by atoms with Crippen molar-refractivity contribution in [3.63, 3.8) is 0 Å². The van der Waals surface area contributed by atoms with Gasteiger partial charge in [-0.1, -0.05) is 98.8 Å². The van der Waals surface area contributed by atoms with Crippen LogP contribution in [0.3, 0.4) is 0 Å².